The third-order valence-electron chi connectivity index (χ3n) is 9.38. The van der Waals surface area contributed by atoms with Crippen molar-refractivity contribution in [2.45, 2.75) is 56.7 Å². The van der Waals surface area contributed by atoms with Crippen LogP contribution in [0.2, 0.25) is 0 Å². The molecule has 0 unspecified atom stereocenters. The SMILES string of the molecule is O=C(NCc1ccccc1-c1ccc([C@@H]2O[C@H](CN3CCC4(CC3)OCCO4)C[C@H](c3ccc(CO)cc3)O2)cc1)c1cccnc1. The van der Waals surface area contributed by atoms with E-state index < -0.39 is 12.1 Å². The maximum absolute atomic E-state index is 12.7. The summed E-state index contributed by atoms with van der Waals surface area (Å²) in [7, 11) is 0. The standard InChI is InChI=1S/C38H41N3O6/c42-26-27-7-9-29(10-8-27)35-22-33(25-41-18-15-38(16-19-41)44-20-21-45-38)46-37(47-35)30-13-11-28(12-14-30)34-6-2-1-4-31(34)24-40-36(43)32-5-3-17-39-23-32/h1-14,17,23,33,35,37,42H,15-16,18-22,24-26H2,(H,40,43)/t33-,35+,37+/m0/s1. The third kappa shape index (κ3) is 7.46. The summed E-state index contributed by atoms with van der Waals surface area (Å²) in [4.78, 5) is 19.1. The number of pyridine rings is 1. The van der Waals surface area contributed by atoms with E-state index >= 15 is 0 Å². The molecular weight excluding hydrogens is 594 g/mol. The number of carbonyl (C=O) groups is 1. The van der Waals surface area contributed by atoms with E-state index in [1.165, 1.54) is 0 Å². The number of aliphatic hydroxyl groups excluding tert-OH is 1. The van der Waals surface area contributed by atoms with E-state index in [1.54, 1.807) is 24.5 Å². The molecule has 1 amide bonds. The van der Waals surface area contributed by atoms with Gasteiger partial charge in [-0.3, -0.25) is 9.78 Å². The number of aromatic nitrogens is 1. The van der Waals surface area contributed by atoms with Crippen molar-refractivity contribution in [1.29, 1.82) is 0 Å². The van der Waals surface area contributed by atoms with E-state index in [9.17, 15) is 9.90 Å². The molecule has 4 heterocycles. The van der Waals surface area contributed by atoms with Crippen LogP contribution < -0.4 is 5.32 Å². The number of hydrogen-bond acceptors (Lipinski definition) is 8. The molecular formula is C38H41N3O6. The first-order valence-electron chi connectivity index (χ1n) is 16.4. The van der Waals surface area contributed by atoms with Gasteiger partial charge in [-0.25, -0.2) is 0 Å². The molecule has 4 aromatic rings. The largest absolute Gasteiger partial charge is 0.392 e. The number of rotatable bonds is 9. The van der Waals surface area contributed by atoms with Crippen LogP contribution in [0.4, 0.5) is 0 Å². The predicted molar refractivity (Wildman–Crippen MR) is 176 cm³/mol. The van der Waals surface area contributed by atoms with Crippen LogP contribution in [0.15, 0.2) is 97.3 Å². The smallest absolute Gasteiger partial charge is 0.253 e. The van der Waals surface area contributed by atoms with Crippen LogP contribution in [0.1, 0.15) is 64.3 Å². The first-order valence-corrected chi connectivity index (χ1v) is 16.4. The molecule has 3 atom stereocenters. The summed E-state index contributed by atoms with van der Waals surface area (Å²) in [6.07, 6.45) is 4.98. The summed E-state index contributed by atoms with van der Waals surface area (Å²) in [5.41, 5.74) is 6.54. The lowest BCUT2D eigenvalue weighted by Gasteiger charge is -2.41. The molecule has 0 aliphatic carbocycles. The Labute approximate surface area is 275 Å². The van der Waals surface area contributed by atoms with E-state index in [2.05, 4.69) is 45.5 Å². The summed E-state index contributed by atoms with van der Waals surface area (Å²) >= 11 is 0. The van der Waals surface area contributed by atoms with E-state index in [-0.39, 0.29) is 24.7 Å². The molecule has 3 saturated heterocycles. The van der Waals surface area contributed by atoms with Gasteiger partial charge in [-0.2, -0.15) is 0 Å². The summed E-state index contributed by atoms with van der Waals surface area (Å²) in [6.45, 7) is 4.36. The summed E-state index contributed by atoms with van der Waals surface area (Å²) in [5.74, 6) is -0.563. The fourth-order valence-electron chi connectivity index (χ4n) is 6.73. The van der Waals surface area contributed by atoms with Crippen molar-refractivity contribution in [3.63, 3.8) is 0 Å². The molecule has 3 fully saturated rings. The zero-order valence-corrected chi connectivity index (χ0v) is 26.4. The fourth-order valence-corrected chi connectivity index (χ4v) is 6.73. The molecule has 0 saturated carbocycles. The number of amides is 1. The van der Waals surface area contributed by atoms with Crippen LogP contribution in [0.25, 0.3) is 11.1 Å². The molecule has 9 nitrogen and oxygen atoms in total. The minimum atomic E-state index is -0.531. The van der Waals surface area contributed by atoms with Gasteiger partial charge in [-0.15, -0.1) is 0 Å². The van der Waals surface area contributed by atoms with Gasteiger partial charge in [0.25, 0.3) is 5.91 Å². The highest BCUT2D eigenvalue weighted by Gasteiger charge is 2.41. The second-order valence-corrected chi connectivity index (χ2v) is 12.5. The molecule has 9 heteroatoms. The monoisotopic (exact) mass is 635 g/mol. The van der Waals surface area contributed by atoms with Crippen LogP contribution >= 0.6 is 0 Å². The predicted octanol–water partition coefficient (Wildman–Crippen LogP) is 5.56. The minimum Gasteiger partial charge on any atom is -0.392 e. The molecule has 0 bridgehead atoms. The summed E-state index contributed by atoms with van der Waals surface area (Å²) in [5, 5.41) is 12.6. The number of nitrogens with one attached hydrogen (secondary N) is 1. The number of piperidine rings is 1. The van der Waals surface area contributed by atoms with Gasteiger partial charge in [0.15, 0.2) is 12.1 Å². The number of carbonyl (C=O) groups excluding carboxylic acids is 1. The Kier molecular flexibility index (Phi) is 9.71. The zero-order valence-electron chi connectivity index (χ0n) is 26.4. The Morgan fingerprint density at radius 1 is 0.894 bits per heavy atom. The number of benzene rings is 3. The van der Waals surface area contributed by atoms with E-state index in [0.717, 1.165) is 72.3 Å². The van der Waals surface area contributed by atoms with Crippen LogP contribution in [-0.2, 0) is 32.1 Å². The van der Waals surface area contributed by atoms with Crippen LogP contribution in [-0.4, -0.2) is 65.6 Å². The molecule has 3 aliphatic rings. The average molecular weight is 636 g/mol. The lowest BCUT2D eigenvalue weighted by molar-refractivity contribution is -0.255. The Balaban J connectivity index is 1.06. The second-order valence-electron chi connectivity index (χ2n) is 12.5. The molecule has 3 aliphatic heterocycles. The third-order valence-corrected chi connectivity index (χ3v) is 9.38. The maximum atomic E-state index is 12.7. The van der Waals surface area contributed by atoms with Crippen molar-refractivity contribution < 1.29 is 28.8 Å². The van der Waals surface area contributed by atoms with Gasteiger partial charge < -0.3 is 34.3 Å². The average Bonchev–Trinajstić information content (AvgIpc) is 3.60. The number of nitrogens with zero attached hydrogens (tertiary/aromatic N) is 2. The highest BCUT2D eigenvalue weighted by atomic mass is 16.7. The molecule has 0 radical (unpaired) electrons. The molecule has 2 N–H and O–H groups in total. The molecule has 3 aromatic carbocycles. The van der Waals surface area contributed by atoms with Crippen molar-refractivity contribution in [3.8, 4) is 11.1 Å². The lowest BCUT2D eigenvalue weighted by atomic mass is 9.97. The van der Waals surface area contributed by atoms with Gasteiger partial charge in [-0.1, -0.05) is 72.8 Å². The van der Waals surface area contributed by atoms with Gasteiger partial charge in [0.05, 0.1) is 37.6 Å². The Morgan fingerprint density at radius 3 is 2.36 bits per heavy atom. The van der Waals surface area contributed by atoms with E-state index in [0.29, 0.717) is 25.3 Å². The first-order chi connectivity index (χ1) is 23.1. The first kappa shape index (κ1) is 31.6. The zero-order chi connectivity index (χ0) is 32.1. The molecule has 47 heavy (non-hydrogen) atoms. The quantitative estimate of drug-likeness (QED) is 0.247. The lowest BCUT2D eigenvalue weighted by Crippen LogP contribution is -2.48. The number of hydrogen-bond donors (Lipinski definition) is 2. The molecule has 1 spiro atoms. The van der Waals surface area contributed by atoms with Gasteiger partial charge in [0, 0.05) is 63.4 Å². The fraction of sp³-hybridized carbons (Fsp3) is 0.368. The second kappa shape index (κ2) is 14.4. The van der Waals surface area contributed by atoms with Crippen LogP contribution in [0.5, 0.6) is 0 Å². The van der Waals surface area contributed by atoms with Crippen molar-refractivity contribution in [1.82, 2.24) is 15.2 Å². The normalized spacial score (nSPS) is 22.7. The highest BCUT2D eigenvalue weighted by Crippen LogP contribution is 2.39. The summed E-state index contributed by atoms with van der Waals surface area (Å²) < 4.78 is 25.1. The maximum Gasteiger partial charge on any atom is 0.253 e. The highest BCUT2D eigenvalue weighted by molar-refractivity contribution is 5.93. The topological polar surface area (TPSA) is 102 Å². The van der Waals surface area contributed by atoms with Crippen molar-refractivity contribution in [2.75, 3.05) is 32.8 Å². The number of likely N-dealkylation sites (tertiary alicyclic amines) is 1. The Bertz CT molecular complexity index is 1620. The van der Waals surface area contributed by atoms with E-state index in [1.807, 2.05) is 42.5 Å². The Hall–Kier alpha value is -3.96. The molecule has 7 rings (SSSR count). The van der Waals surface area contributed by atoms with Gasteiger partial charge in [0.2, 0.25) is 0 Å². The minimum absolute atomic E-state index is 0.0103. The van der Waals surface area contributed by atoms with Gasteiger partial charge >= 0.3 is 0 Å². The van der Waals surface area contributed by atoms with Crippen molar-refractivity contribution in [3.05, 3.63) is 125 Å². The van der Waals surface area contributed by atoms with E-state index in [4.69, 9.17) is 18.9 Å². The van der Waals surface area contributed by atoms with Crippen LogP contribution in [0.3, 0.4) is 0 Å². The van der Waals surface area contributed by atoms with Crippen LogP contribution in [0, 0.1) is 0 Å². The number of ether oxygens (including phenoxy) is 4. The molecule has 1 aromatic heterocycles. The Morgan fingerprint density at radius 2 is 1.64 bits per heavy atom. The van der Waals surface area contributed by atoms with Crippen molar-refractivity contribution in [2.24, 2.45) is 0 Å². The van der Waals surface area contributed by atoms with Gasteiger partial charge in [-0.05, 0) is 39.9 Å². The molecule has 244 valence electrons. The summed E-state index contributed by atoms with van der Waals surface area (Å²) in [6, 6.07) is 27.9. The van der Waals surface area contributed by atoms with Gasteiger partial charge in [0.1, 0.15) is 0 Å². The number of aliphatic hydroxyl groups is 1. The van der Waals surface area contributed by atoms with Crippen molar-refractivity contribution >= 4 is 5.91 Å².